The van der Waals surface area contributed by atoms with E-state index in [-0.39, 0.29) is 12.0 Å². The molecule has 5 heteroatoms. The fourth-order valence-electron chi connectivity index (χ4n) is 1.47. The van der Waals surface area contributed by atoms with Crippen LogP contribution in [0.1, 0.15) is 51.1 Å². The van der Waals surface area contributed by atoms with E-state index in [1.165, 1.54) is 0 Å². The molecule has 17 heavy (non-hydrogen) atoms. The second-order valence-corrected chi connectivity index (χ2v) is 4.13. The first-order valence-electron chi connectivity index (χ1n) is 5.74. The molecule has 0 saturated heterocycles. The van der Waals surface area contributed by atoms with Gasteiger partial charge in [0.25, 0.3) is 0 Å². The summed E-state index contributed by atoms with van der Waals surface area (Å²) in [5, 5.41) is 3.90. The average molecular weight is 237 g/mol. The molecule has 0 fully saturated rings. The lowest BCUT2D eigenvalue weighted by atomic mass is 10.1. The van der Waals surface area contributed by atoms with Crippen molar-refractivity contribution >= 4 is 0 Å². The van der Waals surface area contributed by atoms with Gasteiger partial charge in [0.1, 0.15) is 6.10 Å². The molecule has 1 aromatic heterocycles. The molecule has 1 aromatic rings. The highest BCUT2D eigenvalue weighted by Gasteiger charge is 2.23. The van der Waals surface area contributed by atoms with Crippen LogP contribution in [-0.2, 0) is 4.74 Å². The highest BCUT2D eigenvalue weighted by molar-refractivity contribution is 5.00. The summed E-state index contributed by atoms with van der Waals surface area (Å²) in [5.74, 6) is 3.63. The minimum atomic E-state index is -0.407. The lowest BCUT2D eigenvalue weighted by molar-refractivity contribution is 0.0217. The maximum absolute atomic E-state index is 5.79. The minimum absolute atomic E-state index is 0.171. The molecule has 0 aliphatic carbocycles. The van der Waals surface area contributed by atoms with Crippen molar-refractivity contribution < 1.29 is 9.26 Å². The molecular weight excluding hydrogens is 218 g/mol. The van der Waals surface area contributed by atoms with Crippen LogP contribution in [0.25, 0.3) is 0 Å². The number of hydrogen-bond acceptors (Lipinski definition) is 5. The Bertz CT molecular complexity index is 381. The first-order valence-corrected chi connectivity index (χ1v) is 5.74. The Balaban J connectivity index is 2.81. The Morgan fingerprint density at radius 3 is 2.76 bits per heavy atom. The van der Waals surface area contributed by atoms with Crippen molar-refractivity contribution in [3.8, 4) is 12.3 Å². The van der Waals surface area contributed by atoms with E-state index < -0.39 is 6.04 Å². The van der Waals surface area contributed by atoms with Gasteiger partial charge in [-0.1, -0.05) is 19.0 Å². The minimum Gasteiger partial charge on any atom is -0.370 e. The Morgan fingerprint density at radius 2 is 2.24 bits per heavy atom. The van der Waals surface area contributed by atoms with E-state index in [2.05, 4.69) is 16.1 Å². The van der Waals surface area contributed by atoms with Gasteiger partial charge in [-0.15, -0.1) is 12.3 Å². The van der Waals surface area contributed by atoms with Crippen LogP contribution in [0.5, 0.6) is 0 Å². The van der Waals surface area contributed by atoms with E-state index in [0.29, 0.717) is 24.7 Å². The predicted octanol–water partition coefficient (Wildman–Crippen LogP) is 1.83. The largest absolute Gasteiger partial charge is 0.370 e. The molecule has 0 radical (unpaired) electrons. The van der Waals surface area contributed by atoms with Crippen LogP contribution in [0.4, 0.5) is 0 Å². The van der Waals surface area contributed by atoms with Crippen LogP contribution >= 0.6 is 0 Å². The summed E-state index contributed by atoms with van der Waals surface area (Å²) >= 11 is 0. The standard InChI is InChI=1S/C12H19N3O2/c1-5-7-9(13)12-14-11(15-17-12)10(8(3)4)16-6-2/h1,8-10H,6-7,13H2,2-4H3. The molecule has 2 atom stereocenters. The Kier molecular flexibility index (Phi) is 5.13. The molecule has 94 valence electrons. The summed E-state index contributed by atoms with van der Waals surface area (Å²) in [5.41, 5.74) is 5.79. The van der Waals surface area contributed by atoms with Crippen molar-refractivity contribution in [1.82, 2.24) is 10.1 Å². The molecule has 1 heterocycles. The summed E-state index contributed by atoms with van der Waals surface area (Å²) < 4.78 is 10.7. The molecule has 0 bridgehead atoms. The highest BCUT2D eigenvalue weighted by atomic mass is 16.5. The Morgan fingerprint density at radius 1 is 1.53 bits per heavy atom. The molecule has 0 aliphatic rings. The van der Waals surface area contributed by atoms with Gasteiger partial charge < -0.3 is 15.0 Å². The van der Waals surface area contributed by atoms with Crippen LogP contribution < -0.4 is 5.73 Å². The fourth-order valence-corrected chi connectivity index (χ4v) is 1.47. The van der Waals surface area contributed by atoms with Gasteiger partial charge in [-0.25, -0.2) is 0 Å². The van der Waals surface area contributed by atoms with Crippen LogP contribution in [-0.4, -0.2) is 16.7 Å². The smallest absolute Gasteiger partial charge is 0.244 e. The third-order valence-electron chi connectivity index (χ3n) is 2.32. The lowest BCUT2D eigenvalue weighted by Crippen LogP contribution is -2.14. The summed E-state index contributed by atoms with van der Waals surface area (Å²) in [6.45, 7) is 6.61. The normalized spacial score (nSPS) is 14.6. The van der Waals surface area contributed by atoms with E-state index in [1.54, 1.807) is 0 Å². The van der Waals surface area contributed by atoms with E-state index in [4.69, 9.17) is 21.4 Å². The first-order chi connectivity index (χ1) is 8.10. The molecule has 0 spiro atoms. The topological polar surface area (TPSA) is 74.2 Å². The SMILES string of the molecule is C#CCC(N)c1nc(C(OCC)C(C)C)no1. The second kappa shape index (κ2) is 6.38. The Hall–Kier alpha value is -1.38. The third kappa shape index (κ3) is 3.55. The monoisotopic (exact) mass is 237 g/mol. The van der Waals surface area contributed by atoms with Gasteiger partial charge in [-0.3, -0.25) is 0 Å². The van der Waals surface area contributed by atoms with Gasteiger partial charge in [0, 0.05) is 13.0 Å². The zero-order valence-electron chi connectivity index (χ0n) is 10.5. The number of aromatic nitrogens is 2. The fraction of sp³-hybridized carbons (Fsp3) is 0.667. The van der Waals surface area contributed by atoms with Crippen molar-refractivity contribution in [3.63, 3.8) is 0 Å². The zero-order valence-corrected chi connectivity index (χ0v) is 10.5. The van der Waals surface area contributed by atoms with Crippen LogP contribution in [0.3, 0.4) is 0 Å². The van der Waals surface area contributed by atoms with Gasteiger partial charge in [0.2, 0.25) is 11.7 Å². The molecule has 1 rings (SSSR count). The second-order valence-electron chi connectivity index (χ2n) is 4.13. The maximum Gasteiger partial charge on any atom is 0.244 e. The van der Waals surface area contributed by atoms with Gasteiger partial charge in [0.15, 0.2) is 0 Å². The van der Waals surface area contributed by atoms with Crippen LogP contribution in [0, 0.1) is 18.3 Å². The molecule has 0 amide bonds. The maximum atomic E-state index is 5.79. The number of terminal acetylenes is 1. The van der Waals surface area contributed by atoms with Crippen molar-refractivity contribution in [1.29, 1.82) is 0 Å². The van der Waals surface area contributed by atoms with Gasteiger partial charge in [-0.05, 0) is 12.8 Å². The Labute approximate surface area is 102 Å². The average Bonchev–Trinajstić information content (AvgIpc) is 2.74. The molecule has 0 aliphatic heterocycles. The lowest BCUT2D eigenvalue weighted by Gasteiger charge is -2.16. The van der Waals surface area contributed by atoms with Gasteiger partial charge in [-0.2, -0.15) is 4.98 Å². The molecule has 2 N–H and O–H groups in total. The zero-order chi connectivity index (χ0) is 12.8. The molecule has 5 nitrogen and oxygen atoms in total. The highest BCUT2D eigenvalue weighted by Crippen LogP contribution is 2.24. The van der Waals surface area contributed by atoms with Gasteiger partial charge in [0.05, 0.1) is 6.04 Å². The van der Waals surface area contributed by atoms with E-state index in [1.807, 2.05) is 20.8 Å². The third-order valence-corrected chi connectivity index (χ3v) is 2.32. The van der Waals surface area contributed by atoms with Crippen molar-refractivity contribution in [2.45, 2.75) is 39.3 Å². The van der Waals surface area contributed by atoms with Crippen LogP contribution in [0.2, 0.25) is 0 Å². The molecule has 0 aromatic carbocycles. The molecule has 0 saturated carbocycles. The van der Waals surface area contributed by atoms with Crippen molar-refractivity contribution in [3.05, 3.63) is 11.7 Å². The molecule has 2 unspecified atom stereocenters. The van der Waals surface area contributed by atoms with Crippen LogP contribution in [0.15, 0.2) is 4.52 Å². The van der Waals surface area contributed by atoms with Gasteiger partial charge >= 0.3 is 0 Å². The number of ether oxygens (including phenoxy) is 1. The number of hydrogen-bond donors (Lipinski definition) is 1. The summed E-state index contributed by atoms with van der Waals surface area (Å²) in [6.07, 6.45) is 5.39. The predicted molar refractivity (Wildman–Crippen MR) is 63.9 cm³/mol. The van der Waals surface area contributed by atoms with E-state index >= 15 is 0 Å². The first kappa shape index (κ1) is 13.7. The van der Waals surface area contributed by atoms with E-state index in [9.17, 15) is 0 Å². The van der Waals surface area contributed by atoms with Crippen molar-refractivity contribution in [2.24, 2.45) is 11.7 Å². The van der Waals surface area contributed by atoms with Crippen molar-refractivity contribution in [2.75, 3.05) is 6.61 Å². The summed E-state index contributed by atoms with van der Waals surface area (Å²) in [4.78, 5) is 4.25. The molecular formula is C12H19N3O2. The number of rotatable bonds is 6. The summed E-state index contributed by atoms with van der Waals surface area (Å²) in [7, 11) is 0. The number of nitrogens with zero attached hydrogens (tertiary/aromatic N) is 2. The quantitative estimate of drug-likeness (QED) is 0.764. The summed E-state index contributed by atoms with van der Waals surface area (Å²) in [6, 6.07) is -0.407. The van der Waals surface area contributed by atoms with E-state index in [0.717, 1.165) is 0 Å². The number of nitrogens with two attached hydrogens (primary N) is 1.